The van der Waals surface area contributed by atoms with E-state index < -0.39 is 6.10 Å². The molecule has 0 amide bonds. The van der Waals surface area contributed by atoms with Gasteiger partial charge in [0.2, 0.25) is 0 Å². The molecule has 0 saturated heterocycles. The van der Waals surface area contributed by atoms with Gasteiger partial charge in [-0.25, -0.2) is 4.39 Å². The summed E-state index contributed by atoms with van der Waals surface area (Å²) in [5.74, 6) is 0.427. The SMILES string of the molecule is CCn1cc(Cc2cnn(CC3CC3)c2)c(-c2ccc(F)cc2[C@@H](C)O)n1. The lowest BCUT2D eigenvalue weighted by Gasteiger charge is -2.12. The summed E-state index contributed by atoms with van der Waals surface area (Å²) in [6.45, 7) is 5.43. The number of rotatable bonds is 7. The predicted octanol–water partition coefficient (Wildman–Crippen LogP) is 3.96. The number of hydrogen-bond acceptors (Lipinski definition) is 3. The predicted molar refractivity (Wildman–Crippen MR) is 102 cm³/mol. The molecule has 0 radical (unpaired) electrons. The molecule has 2 heterocycles. The van der Waals surface area contributed by atoms with E-state index in [1.54, 1.807) is 13.0 Å². The minimum atomic E-state index is -0.767. The fourth-order valence-corrected chi connectivity index (χ4v) is 3.46. The highest BCUT2D eigenvalue weighted by Gasteiger charge is 2.22. The first-order chi connectivity index (χ1) is 13.0. The van der Waals surface area contributed by atoms with Crippen molar-refractivity contribution in [2.24, 2.45) is 5.92 Å². The van der Waals surface area contributed by atoms with Crippen LogP contribution in [0.4, 0.5) is 4.39 Å². The molecule has 5 nitrogen and oxygen atoms in total. The van der Waals surface area contributed by atoms with E-state index in [2.05, 4.69) is 16.4 Å². The Balaban J connectivity index is 1.68. The van der Waals surface area contributed by atoms with Gasteiger partial charge >= 0.3 is 0 Å². The molecule has 0 aliphatic heterocycles. The van der Waals surface area contributed by atoms with E-state index in [0.29, 0.717) is 12.0 Å². The van der Waals surface area contributed by atoms with Crippen LogP contribution in [0.1, 0.15) is 49.5 Å². The zero-order valence-electron chi connectivity index (χ0n) is 15.8. The summed E-state index contributed by atoms with van der Waals surface area (Å²) < 4.78 is 17.6. The molecule has 27 heavy (non-hydrogen) atoms. The second-order valence-electron chi connectivity index (χ2n) is 7.46. The number of halogens is 1. The maximum Gasteiger partial charge on any atom is 0.123 e. The van der Waals surface area contributed by atoms with E-state index in [-0.39, 0.29) is 5.82 Å². The highest BCUT2D eigenvalue weighted by Crippen LogP contribution is 2.32. The molecular weight excluding hydrogens is 343 g/mol. The zero-order chi connectivity index (χ0) is 19.0. The monoisotopic (exact) mass is 368 g/mol. The van der Waals surface area contributed by atoms with Gasteiger partial charge in [0.05, 0.1) is 18.0 Å². The molecule has 1 aromatic carbocycles. The Bertz CT molecular complexity index is 940. The third kappa shape index (κ3) is 3.95. The Labute approximate surface area is 158 Å². The number of aliphatic hydroxyl groups is 1. The number of benzene rings is 1. The molecule has 6 heteroatoms. The molecule has 142 valence electrons. The van der Waals surface area contributed by atoms with Gasteiger partial charge in [0.1, 0.15) is 5.82 Å². The highest BCUT2D eigenvalue weighted by molar-refractivity contribution is 5.67. The molecule has 0 unspecified atom stereocenters. The highest BCUT2D eigenvalue weighted by atomic mass is 19.1. The van der Waals surface area contributed by atoms with Crippen LogP contribution >= 0.6 is 0 Å². The zero-order valence-corrected chi connectivity index (χ0v) is 15.8. The molecule has 1 atom stereocenters. The van der Waals surface area contributed by atoms with Crippen molar-refractivity contribution in [1.29, 1.82) is 0 Å². The van der Waals surface area contributed by atoms with Crippen LogP contribution in [0.3, 0.4) is 0 Å². The van der Waals surface area contributed by atoms with Crippen molar-refractivity contribution in [3.63, 3.8) is 0 Å². The van der Waals surface area contributed by atoms with Crippen LogP contribution in [0.2, 0.25) is 0 Å². The largest absolute Gasteiger partial charge is 0.389 e. The lowest BCUT2D eigenvalue weighted by molar-refractivity contribution is 0.199. The summed E-state index contributed by atoms with van der Waals surface area (Å²) in [6, 6.07) is 4.52. The van der Waals surface area contributed by atoms with Crippen molar-refractivity contribution < 1.29 is 9.50 Å². The molecule has 3 aromatic rings. The molecule has 1 fully saturated rings. The van der Waals surface area contributed by atoms with Gasteiger partial charge in [-0.3, -0.25) is 9.36 Å². The number of hydrogen-bond donors (Lipinski definition) is 1. The van der Waals surface area contributed by atoms with Crippen molar-refractivity contribution in [3.05, 3.63) is 59.3 Å². The first-order valence-corrected chi connectivity index (χ1v) is 9.59. The van der Waals surface area contributed by atoms with E-state index in [1.807, 2.05) is 28.7 Å². The first-order valence-electron chi connectivity index (χ1n) is 9.59. The molecule has 1 aliphatic rings. The van der Waals surface area contributed by atoms with Crippen LogP contribution in [0, 0.1) is 11.7 Å². The average Bonchev–Trinajstić information content (AvgIpc) is 3.20. The molecule has 0 bridgehead atoms. The first kappa shape index (κ1) is 17.9. The van der Waals surface area contributed by atoms with Crippen molar-refractivity contribution >= 4 is 0 Å². The minimum Gasteiger partial charge on any atom is -0.389 e. The van der Waals surface area contributed by atoms with Crippen molar-refractivity contribution in [2.45, 2.75) is 52.3 Å². The van der Waals surface area contributed by atoms with Gasteiger partial charge in [0.15, 0.2) is 0 Å². The van der Waals surface area contributed by atoms with Gasteiger partial charge in [-0.2, -0.15) is 10.2 Å². The van der Waals surface area contributed by atoms with E-state index in [0.717, 1.165) is 41.4 Å². The molecule has 4 rings (SSSR count). The third-order valence-electron chi connectivity index (χ3n) is 5.10. The van der Waals surface area contributed by atoms with E-state index in [9.17, 15) is 9.50 Å². The van der Waals surface area contributed by atoms with E-state index >= 15 is 0 Å². The fraction of sp³-hybridized carbons (Fsp3) is 0.429. The van der Waals surface area contributed by atoms with E-state index in [4.69, 9.17) is 0 Å². The summed E-state index contributed by atoms with van der Waals surface area (Å²) in [5.41, 5.74) is 4.31. The van der Waals surface area contributed by atoms with Crippen LogP contribution < -0.4 is 0 Å². The maximum atomic E-state index is 13.7. The average molecular weight is 368 g/mol. The Morgan fingerprint density at radius 1 is 1.26 bits per heavy atom. The summed E-state index contributed by atoms with van der Waals surface area (Å²) in [4.78, 5) is 0. The van der Waals surface area contributed by atoms with E-state index in [1.165, 1.54) is 25.0 Å². The lowest BCUT2D eigenvalue weighted by atomic mass is 9.96. The van der Waals surface area contributed by atoms with Crippen molar-refractivity contribution in [2.75, 3.05) is 0 Å². The second kappa shape index (κ2) is 7.27. The standard InChI is InChI=1S/C21H25FN4O/c1-3-25-13-17(8-16-10-23-26(12-16)11-15-4-5-15)21(24-25)19-7-6-18(22)9-20(19)14(2)27/h6-7,9-10,12-15,27H,3-5,8,11H2,1-2H3/t14-/m1/s1. The second-order valence-corrected chi connectivity index (χ2v) is 7.46. The van der Waals surface area contributed by atoms with Crippen LogP contribution in [0.15, 0.2) is 36.8 Å². The number of nitrogens with zero attached hydrogens (tertiary/aromatic N) is 4. The van der Waals surface area contributed by atoms with Gasteiger partial charge in [0, 0.05) is 43.0 Å². The summed E-state index contributed by atoms with van der Waals surface area (Å²) >= 11 is 0. The summed E-state index contributed by atoms with van der Waals surface area (Å²) in [5, 5.41) is 19.3. The third-order valence-corrected chi connectivity index (χ3v) is 5.10. The normalized spacial score (nSPS) is 15.3. The van der Waals surface area contributed by atoms with Crippen molar-refractivity contribution in [3.8, 4) is 11.3 Å². The maximum absolute atomic E-state index is 13.7. The summed E-state index contributed by atoms with van der Waals surface area (Å²) in [7, 11) is 0. The molecule has 1 saturated carbocycles. The Morgan fingerprint density at radius 3 is 2.78 bits per heavy atom. The fourth-order valence-electron chi connectivity index (χ4n) is 3.46. The summed E-state index contributed by atoms with van der Waals surface area (Å²) in [6.07, 6.45) is 8.59. The Morgan fingerprint density at radius 2 is 2.07 bits per heavy atom. The Hall–Kier alpha value is -2.47. The lowest BCUT2D eigenvalue weighted by Crippen LogP contribution is -2.00. The number of aromatic nitrogens is 4. The molecular formula is C21H25FN4O. The molecule has 1 N–H and O–H groups in total. The van der Waals surface area contributed by atoms with Gasteiger partial charge < -0.3 is 5.11 Å². The number of aryl methyl sites for hydroxylation is 1. The van der Waals surface area contributed by atoms with Crippen LogP contribution in [0.5, 0.6) is 0 Å². The topological polar surface area (TPSA) is 55.9 Å². The van der Waals surface area contributed by atoms with Crippen LogP contribution in [-0.2, 0) is 19.5 Å². The smallest absolute Gasteiger partial charge is 0.123 e. The quantitative estimate of drug-likeness (QED) is 0.687. The molecule has 1 aliphatic carbocycles. The van der Waals surface area contributed by atoms with Crippen LogP contribution in [0.25, 0.3) is 11.3 Å². The number of aliphatic hydroxyl groups excluding tert-OH is 1. The minimum absolute atomic E-state index is 0.354. The van der Waals surface area contributed by atoms with Gasteiger partial charge in [0.25, 0.3) is 0 Å². The molecule has 2 aromatic heterocycles. The van der Waals surface area contributed by atoms with Crippen molar-refractivity contribution in [1.82, 2.24) is 19.6 Å². The Kier molecular flexibility index (Phi) is 4.83. The van der Waals surface area contributed by atoms with Crippen LogP contribution in [-0.4, -0.2) is 24.7 Å². The molecule has 0 spiro atoms. The van der Waals surface area contributed by atoms with Gasteiger partial charge in [-0.05, 0) is 61.9 Å². The van der Waals surface area contributed by atoms with Gasteiger partial charge in [-0.1, -0.05) is 0 Å². The van der Waals surface area contributed by atoms with Gasteiger partial charge in [-0.15, -0.1) is 0 Å².